The lowest BCUT2D eigenvalue weighted by atomic mass is 10.2. The second kappa shape index (κ2) is 6.48. The van der Waals surface area contributed by atoms with Crippen LogP contribution in [0.3, 0.4) is 0 Å². The van der Waals surface area contributed by atoms with Gasteiger partial charge >= 0.3 is 0 Å². The van der Waals surface area contributed by atoms with Crippen molar-refractivity contribution in [2.75, 3.05) is 6.54 Å². The van der Waals surface area contributed by atoms with Crippen LogP contribution in [-0.4, -0.2) is 26.0 Å². The van der Waals surface area contributed by atoms with Crippen LogP contribution in [0.15, 0.2) is 28.3 Å². The standard InChI is InChI=1S/C11H16FN3O3S/c1-8-4-5-9(12)7-10(8)19(17,18)14-6-2-3-11(13)15-16/h4-5,7,14,16H,2-3,6H2,1H3,(H2,13,15). The summed E-state index contributed by atoms with van der Waals surface area (Å²) >= 11 is 0. The Labute approximate surface area is 111 Å². The predicted molar refractivity (Wildman–Crippen MR) is 69.0 cm³/mol. The lowest BCUT2D eigenvalue weighted by molar-refractivity contribution is 0.316. The van der Waals surface area contributed by atoms with E-state index in [-0.39, 0.29) is 23.7 Å². The molecule has 0 fully saturated rings. The first-order chi connectivity index (χ1) is 8.86. The lowest BCUT2D eigenvalue weighted by Crippen LogP contribution is -2.26. The van der Waals surface area contributed by atoms with Gasteiger partial charge in [0.2, 0.25) is 10.0 Å². The Balaban J connectivity index is 2.69. The van der Waals surface area contributed by atoms with Crippen molar-refractivity contribution in [1.29, 1.82) is 0 Å². The molecule has 8 heteroatoms. The molecule has 106 valence electrons. The van der Waals surface area contributed by atoms with Crippen LogP contribution in [0.2, 0.25) is 0 Å². The minimum atomic E-state index is -3.75. The molecule has 0 aromatic heterocycles. The van der Waals surface area contributed by atoms with E-state index in [0.717, 1.165) is 6.07 Å². The zero-order valence-corrected chi connectivity index (χ0v) is 11.2. The number of nitrogens with zero attached hydrogens (tertiary/aromatic N) is 1. The average molecular weight is 289 g/mol. The largest absolute Gasteiger partial charge is 0.409 e. The van der Waals surface area contributed by atoms with Gasteiger partial charge in [-0.05, 0) is 31.0 Å². The number of rotatable bonds is 6. The Hall–Kier alpha value is -1.67. The highest BCUT2D eigenvalue weighted by Crippen LogP contribution is 2.16. The Morgan fingerprint density at radius 2 is 2.21 bits per heavy atom. The third-order valence-electron chi connectivity index (χ3n) is 2.47. The van der Waals surface area contributed by atoms with Crippen LogP contribution in [0, 0.1) is 12.7 Å². The topological polar surface area (TPSA) is 105 Å². The van der Waals surface area contributed by atoms with E-state index in [1.54, 1.807) is 6.92 Å². The fraction of sp³-hybridized carbons (Fsp3) is 0.364. The van der Waals surface area contributed by atoms with Crippen molar-refractivity contribution in [3.05, 3.63) is 29.6 Å². The Kier molecular flexibility index (Phi) is 5.25. The minimum absolute atomic E-state index is 0.0288. The van der Waals surface area contributed by atoms with E-state index in [0.29, 0.717) is 12.0 Å². The third kappa shape index (κ3) is 4.49. The molecule has 4 N–H and O–H groups in total. The van der Waals surface area contributed by atoms with Crippen molar-refractivity contribution in [2.24, 2.45) is 10.9 Å². The van der Waals surface area contributed by atoms with Gasteiger partial charge in [-0.3, -0.25) is 0 Å². The number of benzene rings is 1. The molecule has 0 saturated carbocycles. The van der Waals surface area contributed by atoms with Crippen LogP contribution in [0.5, 0.6) is 0 Å². The average Bonchev–Trinajstić information content (AvgIpc) is 2.37. The van der Waals surface area contributed by atoms with Crippen LogP contribution < -0.4 is 10.5 Å². The molecular formula is C11H16FN3O3S. The molecular weight excluding hydrogens is 273 g/mol. The fourth-order valence-electron chi connectivity index (χ4n) is 1.47. The molecule has 0 aliphatic rings. The summed E-state index contributed by atoms with van der Waals surface area (Å²) in [6, 6.07) is 3.58. The van der Waals surface area contributed by atoms with Gasteiger partial charge < -0.3 is 10.9 Å². The summed E-state index contributed by atoms with van der Waals surface area (Å²) in [5.41, 5.74) is 5.71. The van der Waals surface area contributed by atoms with E-state index in [1.807, 2.05) is 0 Å². The maximum Gasteiger partial charge on any atom is 0.240 e. The lowest BCUT2D eigenvalue weighted by Gasteiger charge is -2.09. The van der Waals surface area contributed by atoms with E-state index in [2.05, 4.69) is 9.88 Å². The molecule has 1 aromatic rings. The number of nitrogens with two attached hydrogens (primary N) is 1. The summed E-state index contributed by atoms with van der Waals surface area (Å²) in [7, 11) is -3.75. The van der Waals surface area contributed by atoms with Crippen molar-refractivity contribution < 1.29 is 18.0 Å². The summed E-state index contributed by atoms with van der Waals surface area (Å²) in [4.78, 5) is -0.0868. The zero-order valence-electron chi connectivity index (χ0n) is 10.4. The number of oxime groups is 1. The number of nitrogens with one attached hydrogen (secondary N) is 1. The van der Waals surface area contributed by atoms with Gasteiger partial charge in [-0.2, -0.15) is 0 Å². The molecule has 0 aliphatic heterocycles. The normalized spacial score (nSPS) is 12.6. The Bertz CT molecular complexity index is 573. The van der Waals surface area contributed by atoms with Gasteiger partial charge in [0.25, 0.3) is 0 Å². The molecule has 0 atom stereocenters. The van der Waals surface area contributed by atoms with Crippen molar-refractivity contribution in [2.45, 2.75) is 24.7 Å². The summed E-state index contributed by atoms with van der Waals surface area (Å²) in [6.45, 7) is 1.71. The Morgan fingerprint density at radius 3 is 2.84 bits per heavy atom. The van der Waals surface area contributed by atoms with E-state index in [4.69, 9.17) is 10.9 Å². The number of hydrogen-bond donors (Lipinski definition) is 3. The number of aryl methyl sites for hydroxylation is 1. The van der Waals surface area contributed by atoms with E-state index < -0.39 is 15.8 Å². The SMILES string of the molecule is Cc1ccc(F)cc1S(=O)(=O)NCCCC(N)=NO. The third-order valence-corrected chi connectivity index (χ3v) is 4.07. The summed E-state index contributed by atoms with van der Waals surface area (Å²) in [6.07, 6.45) is 0.643. The molecule has 0 aliphatic carbocycles. The minimum Gasteiger partial charge on any atom is -0.409 e. The first kappa shape index (κ1) is 15.4. The van der Waals surface area contributed by atoms with Crippen LogP contribution >= 0.6 is 0 Å². The summed E-state index contributed by atoms with van der Waals surface area (Å²) < 4.78 is 39.3. The van der Waals surface area contributed by atoms with Gasteiger partial charge in [-0.15, -0.1) is 0 Å². The molecule has 1 rings (SSSR count). The predicted octanol–water partition coefficient (Wildman–Crippen LogP) is 0.939. The van der Waals surface area contributed by atoms with Crippen LogP contribution in [0.25, 0.3) is 0 Å². The second-order valence-corrected chi connectivity index (χ2v) is 5.74. The quantitative estimate of drug-likeness (QED) is 0.238. The van der Waals surface area contributed by atoms with Gasteiger partial charge in [0, 0.05) is 13.0 Å². The molecule has 19 heavy (non-hydrogen) atoms. The maximum absolute atomic E-state index is 13.1. The van der Waals surface area contributed by atoms with Crippen LogP contribution in [0.1, 0.15) is 18.4 Å². The highest BCUT2D eigenvalue weighted by molar-refractivity contribution is 7.89. The molecule has 0 spiro atoms. The van der Waals surface area contributed by atoms with Crippen molar-refractivity contribution >= 4 is 15.9 Å². The Morgan fingerprint density at radius 1 is 1.53 bits per heavy atom. The highest BCUT2D eigenvalue weighted by atomic mass is 32.2. The molecule has 6 nitrogen and oxygen atoms in total. The van der Waals surface area contributed by atoms with E-state index in [9.17, 15) is 12.8 Å². The van der Waals surface area contributed by atoms with Gasteiger partial charge in [0.15, 0.2) is 0 Å². The second-order valence-electron chi connectivity index (χ2n) is 4.00. The number of halogens is 1. The van der Waals surface area contributed by atoms with Gasteiger partial charge in [-0.1, -0.05) is 11.2 Å². The first-order valence-corrected chi connectivity index (χ1v) is 7.07. The highest BCUT2D eigenvalue weighted by Gasteiger charge is 2.16. The molecule has 0 unspecified atom stereocenters. The maximum atomic E-state index is 13.1. The molecule has 0 amide bonds. The van der Waals surface area contributed by atoms with Crippen molar-refractivity contribution in [3.8, 4) is 0 Å². The van der Waals surface area contributed by atoms with E-state index >= 15 is 0 Å². The van der Waals surface area contributed by atoms with Crippen molar-refractivity contribution in [1.82, 2.24) is 4.72 Å². The summed E-state index contributed by atoms with van der Waals surface area (Å²) in [5.74, 6) is -0.580. The van der Waals surface area contributed by atoms with Crippen LogP contribution in [0.4, 0.5) is 4.39 Å². The molecule has 0 bridgehead atoms. The summed E-state index contributed by atoms with van der Waals surface area (Å²) in [5, 5.41) is 11.1. The van der Waals surface area contributed by atoms with E-state index in [1.165, 1.54) is 12.1 Å². The number of amidine groups is 1. The number of hydrogen-bond acceptors (Lipinski definition) is 4. The molecule has 1 aromatic carbocycles. The van der Waals surface area contributed by atoms with Crippen molar-refractivity contribution in [3.63, 3.8) is 0 Å². The monoisotopic (exact) mass is 289 g/mol. The van der Waals surface area contributed by atoms with Crippen LogP contribution in [-0.2, 0) is 10.0 Å². The van der Waals surface area contributed by atoms with Gasteiger partial charge in [-0.25, -0.2) is 17.5 Å². The molecule has 0 saturated heterocycles. The first-order valence-electron chi connectivity index (χ1n) is 5.59. The zero-order chi connectivity index (χ0) is 14.5. The fourth-order valence-corrected chi connectivity index (χ4v) is 2.80. The molecule has 0 heterocycles. The molecule has 0 radical (unpaired) electrons. The number of sulfonamides is 1. The smallest absolute Gasteiger partial charge is 0.240 e. The van der Waals surface area contributed by atoms with Gasteiger partial charge in [0.05, 0.1) is 4.90 Å². The van der Waals surface area contributed by atoms with Gasteiger partial charge in [0.1, 0.15) is 11.7 Å².